The predicted octanol–water partition coefficient (Wildman–Crippen LogP) is 3.57. The molecule has 2 amide bonds. The van der Waals surface area contributed by atoms with Crippen molar-refractivity contribution in [3.63, 3.8) is 0 Å². The largest absolute Gasteiger partial charge is 0.341 e. The third-order valence-corrected chi connectivity index (χ3v) is 6.15. The second-order valence-electron chi connectivity index (χ2n) is 7.85. The lowest BCUT2D eigenvalue weighted by Gasteiger charge is -2.24. The lowest BCUT2D eigenvalue weighted by atomic mass is 10.1. The zero-order valence-electron chi connectivity index (χ0n) is 16.8. The average molecular weight is 430 g/mol. The molecule has 0 bridgehead atoms. The number of carbonyl (C=O) groups excluding carboxylic acids is 2. The van der Waals surface area contributed by atoms with E-state index >= 15 is 0 Å². The summed E-state index contributed by atoms with van der Waals surface area (Å²) in [6.45, 7) is 3.70. The van der Waals surface area contributed by atoms with E-state index in [1.54, 1.807) is 46.2 Å². The highest BCUT2D eigenvalue weighted by Crippen LogP contribution is 2.28. The van der Waals surface area contributed by atoms with Crippen molar-refractivity contribution in [1.29, 1.82) is 0 Å². The Bertz CT molecular complexity index is 921. The van der Waals surface area contributed by atoms with E-state index in [9.17, 15) is 14.0 Å². The van der Waals surface area contributed by atoms with Crippen LogP contribution in [0.2, 0.25) is 5.02 Å². The van der Waals surface area contributed by atoms with Gasteiger partial charge >= 0.3 is 0 Å². The van der Waals surface area contributed by atoms with Gasteiger partial charge < -0.3 is 9.80 Å². The summed E-state index contributed by atoms with van der Waals surface area (Å²) in [7, 11) is 0. The third kappa shape index (κ3) is 4.50. The van der Waals surface area contributed by atoms with Crippen LogP contribution in [-0.4, -0.2) is 54.3 Å². The fourth-order valence-electron chi connectivity index (χ4n) is 4.22. The molecule has 1 atom stereocenters. The van der Waals surface area contributed by atoms with Crippen LogP contribution >= 0.6 is 11.6 Å². The van der Waals surface area contributed by atoms with Crippen LogP contribution in [-0.2, 0) is 16.1 Å². The van der Waals surface area contributed by atoms with Gasteiger partial charge in [0.25, 0.3) is 0 Å². The summed E-state index contributed by atoms with van der Waals surface area (Å²) in [5, 5.41) is 0.613. The molecule has 2 saturated heterocycles. The molecule has 0 radical (unpaired) electrons. The van der Waals surface area contributed by atoms with Crippen LogP contribution < -0.4 is 4.90 Å². The maximum Gasteiger partial charge on any atom is 0.239 e. The van der Waals surface area contributed by atoms with Crippen LogP contribution in [0.3, 0.4) is 0 Å². The Kier molecular flexibility index (Phi) is 6.35. The standard InChI is InChI=1S/C23H25ClFN3O2/c24-18-6-8-19(9-7-18)28-13-10-20(23(28)30)22(29)27-12-3-11-26(14-15-27)16-17-4-1-2-5-21(17)25/h1-2,4-9,20H,3,10-16H2. The van der Waals surface area contributed by atoms with Crippen LogP contribution in [0.5, 0.6) is 0 Å². The lowest BCUT2D eigenvalue weighted by molar-refractivity contribution is -0.139. The van der Waals surface area contributed by atoms with E-state index in [-0.39, 0.29) is 17.6 Å². The highest BCUT2D eigenvalue weighted by molar-refractivity contribution is 6.30. The van der Waals surface area contributed by atoms with E-state index in [1.807, 2.05) is 6.07 Å². The van der Waals surface area contributed by atoms with Crippen molar-refractivity contribution in [3.05, 3.63) is 64.9 Å². The quantitative estimate of drug-likeness (QED) is 0.698. The SMILES string of the molecule is O=C(C1CCN(c2ccc(Cl)cc2)C1=O)N1CCCN(Cc2ccccc2F)CC1. The van der Waals surface area contributed by atoms with Crippen molar-refractivity contribution in [2.75, 3.05) is 37.6 Å². The Morgan fingerprint density at radius 2 is 1.77 bits per heavy atom. The summed E-state index contributed by atoms with van der Waals surface area (Å²) in [5.41, 5.74) is 1.44. The Morgan fingerprint density at radius 1 is 1.00 bits per heavy atom. The summed E-state index contributed by atoms with van der Waals surface area (Å²) in [6.07, 6.45) is 1.33. The first-order valence-electron chi connectivity index (χ1n) is 10.3. The summed E-state index contributed by atoms with van der Waals surface area (Å²) >= 11 is 5.93. The van der Waals surface area contributed by atoms with Gasteiger partial charge in [-0.3, -0.25) is 14.5 Å². The van der Waals surface area contributed by atoms with Gasteiger partial charge in [-0.1, -0.05) is 29.8 Å². The number of halogens is 2. The molecule has 158 valence electrons. The summed E-state index contributed by atoms with van der Waals surface area (Å²) in [6, 6.07) is 13.9. The number of rotatable bonds is 4. The third-order valence-electron chi connectivity index (χ3n) is 5.89. The smallest absolute Gasteiger partial charge is 0.239 e. The molecular weight excluding hydrogens is 405 g/mol. The van der Waals surface area contributed by atoms with Crippen LogP contribution in [0.25, 0.3) is 0 Å². The minimum Gasteiger partial charge on any atom is -0.341 e. The molecule has 30 heavy (non-hydrogen) atoms. The van der Waals surface area contributed by atoms with Crippen LogP contribution in [0.15, 0.2) is 48.5 Å². The molecule has 5 nitrogen and oxygen atoms in total. The fourth-order valence-corrected chi connectivity index (χ4v) is 4.35. The number of hydrogen-bond acceptors (Lipinski definition) is 3. The molecule has 0 N–H and O–H groups in total. The van der Waals surface area contributed by atoms with E-state index in [4.69, 9.17) is 11.6 Å². The molecule has 2 aromatic carbocycles. The zero-order valence-corrected chi connectivity index (χ0v) is 17.5. The van der Waals surface area contributed by atoms with Crippen molar-refractivity contribution in [2.24, 2.45) is 5.92 Å². The lowest BCUT2D eigenvalue weighted by Crippen LogP contribution is -2.42. The van der Waals surface area contributed by atoms with E-state index in [2.05, 4.69) is 4.90 Å². The van der Waals surface area contributed by atoms with Gasteiger partial charge in [-0.25, -0.2) is 4.39 Å². The molecule has 2 fully saturated rings. The monoisotopic (exact) mass is 429 g/mol. The van der Waals surface area contributed by atoms with Gasteiger partial charge in [0, 0.05) is 55.5 Å². The van der Waals surface area contributed by atoms with Gasteiger partial charge in [0.05, 0.1) is 0 Å². The first-order valence-corrected chi connectivity index (χ1v) is 10.7. The molecule has 7 heteroatoms. The summed E-state index contributed by atoms with van der Waals surface area (Å²) < 4.78 is 14.0. The summed E-state index contributed by atoms with van der Waals surface area (Å²) in [5.74, 6) is -1.06. The number of amides is 2. The number of carbonyl (C=O) groups is 2. The Morgan fingerprint density at radius 3 is 2.53 bits per heavy atom. The number of nitrogens with zero attached hydrogens (tertiary/aromatic N) is 3. The van der Waals surface area contributed by atoms with Crippen molar-refractivity contribution < 1.29 is 14.0 Å². The average Bonchev–Trinajstić information content (AvgIpc) is 2.97. The second-order valence-corrected chi connectivity index (χ2v) is 8.29. The first kappa shape index (κ1) is 20.8. The first-order chi connectivity index (χ1) is 14.5. The summed E-state index contributed by atoms with van der Waals surface area (Å²) in [4.78, 5) is 31.6. The molecule has 2 aromatic rings. The molecular formula is C23H25ClFN3O2. The number of benzene rings is 2. The van der Waals surface area contributed by atoms with E-state index < -0.39 is 5.92 Å². The van der Waals surface area contributed by atoms with Crippen LogP contribution in [0, 0.1) is 11.7 Å². The predicted molar refractivity (Wildman–Crippen MR) is 115 cm³/mol. The molecule has 0 saturated carbocycles. The maximum absolute atomic E-state index is 14.0. The van der Waals surface area contributed by atoms with E-state index in [0.717, 1.165) is 18.7 Å². The number of hydrogen-bond donors (Lipinski definition) is 0. The van der Waals surface area contributed by atoms with Gasteiger partial charge in [0.15, 0.2) is 0 Å². The fraction of sp³-hybridized carbons (Fsp3) is 0.391. The molecule has 0 aromatic heterocycles. The molecule has 2 heterocycles. The van der Waals surface area contributed by atoms with Gasteiger partial charge in [0.2, 0.25) is 11.8 Å². The second kappa shape index (κ2) is 9.14. The zero-order chi connectivity index (χ0) is 21.1. The Hall–Kier alpha value is -2.44. The van der Waals surface area contributed by atoms with Crippen molar-refractivity contribution in [1.82, 2.24) is 9.80 Å². The molecule has 0 spiro atoms. The topological polar surface area (TPSA) is 43.9 Å². The Balaban J connectivity index is 1.36. The van der Waals surface area contributed by atoms with Crippen LogP contribution in [0.1, 0.15) is 18.4 Å². The molecule has 0 aliphatic carbocycles. The van der Waals surface area contributed by atoms with E-state index in [1.165, 1.54) is 6.07 Å². The highest BCUT2D eigenvalue weighted by atomic mass is 35.5. The van der Waals surface area contributed by atoms with Crippen LogP contribution in [0.4, 0.5) is 10.1 Å². The molecule has 4 rings (SSSR count). The number of anilines is 1. The van der Waals surface area contributed by atoms with Crippen molar-refractivity contribution in [2.45, 2.75) is 19.4 Å². The van der Waals surface area contributed by atoms with Crippen molar-refractivity contribution >= 4 is 29.1 Å². The minimum atomic E-state index is -0.626. The van der Waals surface area contributed by atoms with Gasteiger partial charge in [-0.2, -0.15) is 0 Å². The van der Waals surface area contributed by atoms with Gasteiger partial charge in [0.1, 0.15) is 11.7 Å². The normalized spacial score (nSPS) is 20.5. The molecule has 1 unspecified atom stereocenters. The van der Waals surface area contributed by atoms with Gasteiger partial charge in [-0.15, -0.1) is 0 Å². The minimum absolute atomic E-state index is 0.0933. The maximum atomic E-state index is 14.0. The molecule has 2 aliphatic rings. The Labute approximate surface area is 181 Å². The van der Waals surface area contributed by atoms with E-state index in [0.29, 0.717) is 49.7 Å². The van der Waals surface area contributed by atoms with Gasteiger partial charge in [-0.05, 0) is 43.2 Å². The highest BCUT2D eigenvalue weighted by Gasteiger charge is 2.39. The molecule has 2 aliphatic heterocycles. The van der Waals surface area contributed by atoms with Crippen molar-refractivity contribution in [3.8, 4) is 0 Å².